The summed E-state index contributed by atoms with van der Waals surface area (Å²) < 4.78 is 33.4. The Morgan fingerprint density at radius 2 is 1.67 bits per heavy atom. The number of nitrogens with one attached hydrogen (secondary N) is 2. The van der Waals surface area contributed by atoms with Crippen LogP contribution in [0.1, 0.15) is 5.56 Å². The van der Waals surface area contributed by atoms with Crippen molar-refractivity contribution in [3.05, 3.63) is 54.1 Å². The number of rotatable bonds is 7. The van der Waals surface area contributed by atoms with Crippen LogP contribution in [0.2, 0.25) is 0 Å². The maximum Gasteiger partial charge on any atom is 0.387 e. The minimum Gasteiger partial charge on any atom is -0.497 e. The summed E-state index contributed by atoms with van der Waals surface area (Å²) in [5.74, 6) is 0.819. The Balaban J connectivity index is 1.74. The van der Waals surface area contributed by atoms with Crippen LogP contribution >= 0.6 is 0 Å². The number of carbonyl (C=O) groups is 1. The second-order valence-electron chi connectivity index (χ2n) is 4.88. The summed E-state index contributed by atoms with van der Waals surface area (Å²) in [5.41, 5.74) is 1.56. The van der Waals surface area contributed by atoms with Crippen LogP contribution in [0.5, 0.6) is 11.5 Å². The summed E-state index contributed by atoms with van der Waals surface area (Å²) in [6.45, 7) is -2.41. The molecule has 7 heteroatoms. The van der Waals surface area contributed by atoms with Gasteiger partial charge in [0.1, 0.15) is 11.5 Å². The molecule has 0 spiro atoms. The fourth-order valence-electron chi connectivity index (χ4n) is 2.01. The quantitative estimate of drug-likeness (QED) is 0.811. The molecule has 0 saturated carbocycles. The van der Waals surface area contributed by atoms with Crippen molar-refractivity contribution < 1.29 is 23.0 Å². The second kappa shape index (κ2) is 8.71. The number of methoxy groups -OCH3 is 1. The number of hydrogen-bond acceptors (Lipinski definition) is 3. The largest absolute Gasteiger partial charge is 0.497 e. The van der Waals surface area contributed by atoms with Gasteiger partial charge in [-0.1, -0.05) is 12.1 Å². The van der Waals surface area contributed by atoms with E-state index in [1.54, 1.807) is 7.11 Å². The van der Waals surface area contributed by atoms with E-state index in [-0.39, 0.29) is 11.8 Å². The normalized spacial score (nSPS) is 10.3. The molecule has 0 bridgehead atoms. The summed E-state index contributed by atoms with van der Waals surface area (Å²) in [6.07, 6.45) is 0.679. The number of benzene rings is 2. The summed E-state index contributed by atoms with van der Waals surface area (Å²) in [5, 5.41) is 5.34. The van der Waals surface area contributed by atoms with Crippen molar-refractivity contribution in [3.8, 4) is 11.5 Å². The van der Waals surface area contributed by atoms with E-state index in [1.807, 2.05) is 24.3 Å². The van der Waals surface area contributed by atoms with Crippen LogP contribution in [0, 0.1) is 0 Å². The van der Waals surface area contributed by atoms with Gasteiger partial charge in [0.2, 0.25) is 0 Å². The van der Waals surface area contributed by atoms with Crippen molar-refractivity contribution in [2.45, 2.75) is 13.0 Å². The number of hydrogen-bond donors (Lipinski definition) is 2. The van der Waals surface area contributed by atoms with Gasteiger partial charge < -0.3 is 20.1 Å². The molecule has 2 rings (SSSR count). The van der Waals surface area contributed by atoms with E-state index in [4.69, 9.17) is 4.74 Å². The Bertz CT molecular complexity index is 646. The Hall–Kier alpha value is -2.83. The molecule has 0 aromatic heterocycles. The Morgan fingerprint density at radius 1 is 1.04 bits per heavy atom. The monoisotopic (exact) mass is 336 g/mol. The van der Waals surface area contributed by atoms with Gasteiger partial charge in [-0.2, -0.15) is 8.78 Å². The fourth-order valence-corrected chi connectivity index (χ4v) is 2.01. The van der Waals surface area contributed by atoms with Crippen LogP contribution in [0.25, 0.3) is 0 Å². The molecule has 0 aliphatic rings. The SMILES string of the molecule is COc1ccc(CCNC(=O)Nc2ccc(OC(F)F)cc2)cc1. The molecule has 2 amide bonds. The van der Waals surface area contributed by atoms with Gasteiger partial charge in [0.05, 0.1) is 7.11 Å². The minimum atomic E-state index is -2.87. The van der Waals surface area contributed by atoms with Gasteiger partial charge in [0, 0.05) is 12.2 Å². The highest BCUT2D eigenvalue weighted by atomic mass is 19.3. The molecule has 5 nitrogen and oxygen atoms in total. The standard InChI is InChI=1S/C17H18F2N2O3/c1-23-14-6-2-12(3-7-14)10-11-20-17(22)21-13-4-8-15(9-5-13)24-16(18)19/h2-9,16H,10-11H2,1H3,(H2,20,21,22). The fraction of sp³-hybridized carbons (Fsp3) is 0.235. The summed E-state index contributed by atoms with van der Waals surface area (Å²) in [6, 6.07) is 12.9. The summed E-state index contributed by atoms with van der Waals surface area (Å²) in [7, 11) is 1.60. The maximum absolute atomic E-state index is 12.0. The first-order valence-electron chi connectivity index (χ1n) is 7.29. The van der Waals surface area contributed by atoms with Crippen molar-refractivity contribution in [1.29, 1.82) is 0 Å². The third kappa shape index (κ3) is 5.75. The molecule has 0 fully saturated rings. The molecule has 0 saturated heterocycles. The van der Waals surface area contributed by atoms with Gasteiger partial charge in [0.25, 0.3) is 0 Å². The first kappa shape index (κ1) is 17.5. The van der Waals surface area contributed by atoms with Crippen LogP contribution in [0.4, 0.5) is 19.3 Å². The Kier molecular flexibility index (Phi) is 6.36. The topological polar surface area (TPSA) is 59.6 Å². The number of amides is 2. The molecule has 0 aliphatic carbocycles. The molecule has 0 radical (unpaired) electrons. The third-order valence-corrected chi connectivity index (χ3v) is 3.20. The highest BCUT2D eigenvalue weighted by Gasteiger charge is 2.05. The molecule has 0 aliphatic heterocycles. The number of ether oxygens (including phenoxy) is 2. The lowest BCUT2D eigenvalue weighted by molar-refractivity contribution is -0.0498. The van der Waals surface area contributed by atoms with Crippen LogP contribution in [-0.4, -0.2) is 26.3 Å². The maximum atomic E-state index is 12.0. The molecule has 2 aromatic carbocycles. The van der Waals surface area contributed by atoms with Crippen LogP contribution < -0.4 is 20.1 Å². The molecule has 2 aromatic rings. The average molecular weight is 336 g/mol. The van der Waals surface area contributed by atoms with Crippen LogP contribution in [0.15, 0.2) is 48.5 Å². The minimum absolute atomic E-state index is 0.0375. The van der Waals surface area contributed by atoms with Gasteiger partial charge in [-0.25, -0.2) is 4.79 Å². The van der Waals surface area contributed by atoms with Gasteiger partial charge >= 0.3 is 12.6 Å². The molecule has 0 heterocycles. The average Bonchev–Trinajstić information content (AvgIpc) is 2.57. The predicted octanol–water partition coefficient (Wildman–Crippen LogP) is 3.66. The Morgan fingerprint density at radius 3 is 2.25 bits per heavy atom. The van der Waals surface area contributed by atoms with E-state index < -0.39 is 6.61 Å². The van der Waals surface area contributed by atoms with E-state index in [1.165, 1.54) is 24.3 Å². The zero-order chi connectivity index (χ0) is 17.4. The lowest BCUT2D eigenvalue weighted by atomic mass is 10.1. The molecule has 0 unspecified atom stereocenters. The van der Waals surface area contributed by atoms with E-state index in [0.717, 1.165) is 11.3 Å². The molecule has 128 valence electrons. The molecule has 2 N–H and O–H groups in total. The molecular weight excluding hydrogens is 318 g/mol. The van der Waals surface area contributed by atoms with Crippen molar-refractivity contribution in [2.75, 3.05) is 19.0 Å². The van der Waals surface area contributed by atoms with E-state index in [0.29, 0.717) is 18.7 Å². The molecule has 24 heavy (non-hydrogen) atoms. The number of halogens is 2. The molecule has 0 atom stereocenters. The van der Waals surface area contributed by atoms with E-state index in [2.05, 4.69) is 15.4 Å². The number of alkyl halides is 2. The van der Waals surface area contributed by atoms with Gasteiger partial charge in [-0.15, -0.1) is 0 Å². The van der Waals surface area contributed by atoms with Crippen molar-refractivity contribution in [1.82, 2.24) is 5.32 Å². The predicted molar refractivity (Wildman–Crippen MR) is 86.8 cm³/mol. The van der Waals surface area contributed by atoms with E-state index in [9.17, 15) is 13.6 Å². The van der Waals surface area contributed by atoms with Crippen molar-refractivity contribution in [2.24, 2.45) is 0 Å². The first-order chi connectivity index (χ1) is 11.6. The van der Waals surface area contributed by atoms with Crippen LogP contribution in [0.3, 0.4) is 0 Å². The number of anilines is 1. The lowest BCUT2D eigenvalue weighted by Gasteiger charge is -2.09. The number of urea groups is 1. The van der Waals surface area contributed by atoms with Crippen molar-refractivity contribution >= 4 is 11.7 Å². The first-order valence-corrected chi connectivity index (χ1v) is 7.29. The third-order valence-electron chi connectivity index (χ3n) is 3.20. The zero-order valence-corrected chi connectivity index (χ0v) is 13.1. The smallest absolute Gasteiger partial charge is 0.387 e. The van der Waals surface area contributed by atoms with Crippen LogP contribution in [-0.2, 0) is 6.42 Å². The zero-order valence-electron chi connectivity index (χ0n) is 13.1. The highest BCUT2D eigenvalue weighted by molar-refractivity contribution is 5.89. The highest BCUT2D eigenvalue weighted by Crippen LogP contribution is 2.17. The summed E-state index contributed by atoms with van der Waals surface area (Å²) in [4.78, 5) is 11.8. The van der Waals surface area contributed by atoms with Gasteiger partial charge in [-0.05, 0) is 48.4 Å². The summed E-state index contributed by atoms with van der Waals surface area (Å²) >= 11 is 0. The van der Waals surface area contributed by atoms with Gasteiger partial charge in [0.15, 0.2) is 0 Å². The van der Waals surface area contributed by atoms with Crippen molar-refractivity contribution in [3.63, 3.8) is 0 Å². The second-order valence-corrected chi connectivity index (χ2v) is 4.88. The van der Waals surface area contributed by atoms with E-state index >= 15 is 0 Å². The lowest BCUT2D eigenvalue weighted by Crippen LogP contribution is -2.30. The number of carbonyl (C=O) groups excluding carboxylic acids is 1. The molecular formula is C17H18F2N2O3. The van der Waals surface area contributed by atoms with Gasteiger partial charge in [-0.3, -0.25) is 0 Å². The Labute approximate surface area is 138 Å².